The van der Waals surface area contributed by atoms with E-state index in [0.29, 0.717) is 17.7 Å². The molecule has 1 aromatic carbocycles. The average Bonchev–Trinajstić information content (AvgIpc) is 2.62. The summed E-state index contributed by atoms with van der Waals surface area (Å²) in [7, 11) is 0. The molecule has 23 heavy (non-hydrogen) atoms. The predicted molar refractivity (Wildman–Crippen MR) is 90.1 cm³/mol. The number of nitriles is 1. The highest BCUT2D eigenvalue weighted by atomic mass is 16.1. The number of aromatic nitrogens is 1. The molecule has 0 aliphatic heterocycles. The topological polar surface area (TPSA) is 69.0 Å². The minimum atomic E-state index is -0.165. The molecule has 0 spiro atoms. The van der Waals surface area contributed by atoms with E-state index in [1.54, 1.807) is 30.5 Å². The number of pyridine rings is 1. The minimum absolute atomic E-state index is 0.165. The van der Waals surface area contributed by atoms with Crippen LogP contribution in [0.4, 0.5) is 5.82 Å². The standard InChI is InChI=1S/C18H20N4O/c1-3-22(4-2)17-10-7-15(12-20-17)13-21-18(23)16-8-5-14(11-19)6-9-16/h5-10,12H,3-4,13H2,1-2H3,(H,21,23). The number of nitrogens with one attached hydrogen (secondary N) is 1. The summed E-state index contributed by atoms with van der Waals surface area (Å²) in [5.41, 5.74) is 2.03. The molecule has 0 bridgehead atoms. The van der Waals surface area contributed by atoms with Crippen molar-refractivity contribution < 1.29 is 4.79 Å². The Kier molecular flexibility index (Phi) is 5.70. The highest BCUT2D eigenvalue weighted by Crippen LogP contribution is 2.11. The van der Waals surface area contributed by atoms with E-state index in [-0.39, 0.29) is 5.91 Å². The normalized spacial score (nSPS) is 9.96. The molecule has 0 atom stereocenters. The maximum absolute atomic E-state index is 12.1. The third kappa shape index (κ3) is 4.30. The van der Waals surface area contributed by atoms with Crippen LogP contribution in [-0.4, -0.2) is 24.0 Å². The van der Waals surface area contributed by atoms with Crippen LogP contribution in [0.2, 0.25) is 0 Å². The Hall–Kier alpha value is -2.87. The molecule has 0 saturated carbocycles. The quantitative estimate of drug-likeness (QED) is 0.891. The smallest absolute Gasteiger partial charge is 0.251 e. The summed E-state index contributed by atoms with van der Waals surface area (Å²) < 4.78 is 0. The van der Waals surface area contributed by atoms with Crippen LogP contribution in [0.1, 0.15) is 35.3 Å². The first-order chi connectivity index (χ1) is 11.2. The van der Waals surface area contributed by atoms with Crippen molar-refractivity contribution in [2.45, 2.75) is 20.4 Å². The number of anilines is 1. The molecule has 118 valence electrons. The number of rotatable bonds is 6. The van der Waals surface area contributed by atoms with Crippen molar-refractivity contribution in [1.82, 2.24) is 10.3 Å². The van der Waals surface area contributed by atoms with Crippen LogP contribution >= 0.6 is 0 Å². The molecular formula is C18H20N4O. The molecule has 0 unspecified atom stereocenters. The molecule has 1 heterocycles. The van der Waals surface area contributed by atoms with Crippen LogP contribution in [0.5, 0.6) is 0 Å². The second kappa shape index (κ2) is 7.95. The number of amides is 1. The van der Waals surface area contributed by atoms with Crippen LogP contribution in [0.3, 0.4) is 0 Å². The molecule has 0 aliphatic rings. The van der Waals surface area contributed by atoms with E-state index in [1.807, 2.05) is 18.2 Å². The van der Waals surface area contributed by atoms with Gasteiger partial charge in [0, 0.05) is 31.4 Å². The number of hydrogen-bond donors (Lipinski definition) is 1. The third-order valence-corrected chi connectivity index (χ3v) is 3.63. The van der Waals surface area contributed by atoms with Crippen molar-refractivity contribution in [3.63, 3.8) is 0 Å². The largest absolute Gasteiger partial charge is 0.357 e. The summed E-state index contributed by atoms with van der Waals surface area (Å²) >= 11 is 0. The lowest BCUT2D eigenvalue weighted by Gasteiger charge is -2.19. The molecule has 0 radical (unpaired) electrons. The van der Waals surface area contributed by atoms with Crippen molar-refractivity contribution >= 4 is 11.7 Å². The first-order valence-corrected chi connectivity index (χ1v) is 7.66. The van der Waals surface area contributed by atoms with Gasteiger partial charge in [-0.3, -0.25) is 4.79 Å². The number of nitrogens with zero attached hydrogens (tertiary/aromatic N) is 3. The number of carbonyl (C=O) groups excluding carboxylic acids is 1. The van der Waals surface area contributed by atoms with Gasteiger partial charge in [-0.1, -0.05) is 6.07 Å². The van der Waals surface area contributed by atoms with Gasteiger partial charge in [0.25, 0.3) is 5.91 Å². The second-order valence-electron chi connectivity index (χ2n) is 5.07. The summed E-state index contributed by atoms with van der Waals surface area (Å²) in [6.07, 6.45) is 1.78. The summed E-state index contributed by atoms with van der Waals surface area (Å²) in [5, 5.41) is 11.6. The lowest BCUT2D eigenvalue weighted by Crippen LogP contribution is -2.24. The molecule has 0 fully saturated rings. The van der Waals surface area contributed by atoms with E-state index >= 15 is 0 Å². The number of carbonyl (C=O) groups is 1. The molecule has 1 aromatic heterocycles. The lowest BCUT2D eigenvalue weighted by molar-refractivity contribution is 0.0951. The van der Waals surface area contributed by atoms with Gasteiger partial charge in [0.1, 0.15) is 5.82 Å². The highest BCUT2D eigenvalue weighted by Gasteiger charge is 2.06. The fraction of sp³-hybridized carbons (Fsp3) is 0.278. The van der Waals surface area contributed by atoms with Crippen LogP contribution in [0.25, 0.3) is 0 Å². The van der Waals surface area contributed by atoms with Gasteiger partial charge in [-0.15, -0.1) is 0 Å². The Morgan fingerprint density at radius 3 is 2.39 bits per heavy atom. The zero-order chi connectivity index (χ0) is 16.7. The van der Waals surface area contributed by atoms with Gasteiger partial charge in [-0.2, -0.15) is 5.26 Å². The number of hydrogen-bond acceptors (Lipinski definition) is 4. The van der Waals surface area contributed by atoms with Crippen LogP contribution in [-0.2, 0) is 6.54 Å². The summed E-state index contributed by atoms with van der Waals surface area (Å²) in [4.78, 5) is 18.7. The van der Waals surface area contributed by atoms with Gasteiger partial charge in [0.05, 0.1) is 11.6 Å². The molecule has 2 aromatic rings. The van der Waals surface area contributed by atoms with Crippen LogP contribution < -0.4 is 10.2 Å². The average molecular weight is 308 g/mol. The summed E-state index contributed by atoms with van der Waals surface area (Å²) in [6, 6.07) is 12.5. The second-order valence-corrected chi connectivity index (χ2v) is 5.07. The fourth-order valence-electron chi connectivity index (χ4n) is 2.24. The Bertz CT molecular complexity index is 682. The monoisotopic (exact) mass is 308 g/mol. The van der Waals surface area contributed by atoms with E-state index in [1.165, 1.54) is 0 Å². The van der Waals surface area contributed by atoms with Crippen molar-refractivity contribution in [1.29, 1.82) is 5.26 Å². The van der Waals surface area contributed by atoms with Gasteiger partial charge < -0.3 is 10.2 Å². The van der Waals surface area contributed by atoms with Gasteiger partial charge in [-0.05, 0) is 49.7 Å². The predicted octanol–water partition coefficient (Wildman–Crippen LogP) is 2.73. The molecule has 1 amide bonds. The van der Waals surface area contributed by atoms with E-state index in [9.17, 15) is 4.79 Å². The minimum Gasteiger partial charge on any atom is -0.357 e. The Balaban J connectivity index is 1.94. The van der Waals surface area contributed by atoms with E-state index in [2.05, 4.69) is 29.0 Å². The summed E-state index contributed by atoms with van der Waals surface area (Å²) in [5.74, 6) is 0.777. The molecule has 5 heteroatoms. The lowest BCUT2D eigenvalue weighted by atomic mass is 10.1. The zero-order valence-electron chi connectivity index (χ0n) is 13.4. The van der Waals surface area contributed by atoms with E-state index in [4.69, 9.17) is 5.26 Å². The molecule has 5 nitrogen and oxygen atoms in total. The van der Waals surface area contributed by atoms with Gasteiger partial charge >= 0.3 is 0 Å². The highest BCUT2D eigenvalue weighted by molar-refractivity contribution is 5.94. The Morgan fingerprint density at radius 1 is 1.17 bits per heavy atom. The van der Waals surface area contributed by atoms with Crippen molar-refractivity contribution in [3.8, 4) is 6.07 Å². The van der Waals surface area contributed by atoms with Gasteiger partial charge in [0.2, 0.25) is 0 Å². The van der Waals surface area contributed by atoms with E-state index < -0.39 is 0 Å². The third-order valence-electron chi connectivity index (χ3n) is 3.63. The molecule has 0 saturated heterocycles. The maximum Gasteiger partial charge on any atom is 0.251 e. The van der Waals surface area contributed by atoms with Crippen LogP contribution in [0, 0.1) is 11.3 Å². The van der Waals surface area contributed by atoms with Gasteiger partial charge in [0.15, 0.2) is 0 Å². The SMILES string of the molecule is CCN(CC)c1ccc(CNC(=O)c2ccc(C#N)cc2)cn1. The molecular weight excluding hydrogens is 288 g/mol. The molecule has 0 aliphatic carbocycles. The Morgan fingerprint density at radius 2 is 1.87 bits per heavy atom. The Labute approximate surface area is 136 Å². The summed E-state index contributed by atoms with van der Waals surface area (Å²) in [6.45, 7) is 6.44. The first kappa shape index (κ1) is 16.5. The van der Waals surface area contributed by atoms with E-state index in [0.717, 1.165) is 24.5 Å². The van der Waals surface area contributed by atoms with Gasteiger partial charge in [-0.25, -0.2) is 4.98 Å². The van der Waals surface area contributed by atoms with Crippen molar-refractivity contribution in [3.05, 3.63) is 59.3 Å². The molecule has 1 N–H and O–H groups in total. The van der Waals surface area contributed by atoms with Crippen molar-refractivity contribution in [2.75, 3.05) is 18.0 Å². The fourth-order valence-corrected chi connectivity index (χ4v) is 2.24. The van der Waals surface area contributed by atoms with Crippen LogP contribution in [0.15, 0.2) is 42.6 Å². The van der Waals surface area contributed by atoms with Crippen molar-refractivity contribution in [2.24, 2.45) is 0 Å². The molecule has 2 rings (SSSR count). The zero-order valence-corrected chi connectivity index (χ0v) is 13.4. The number of benzene rings is 1. The maximum atomic E-state index is 12.1. The first-order valence-electron chi connectivity index (χ1n) is 7.66.